The van der Waals surface area contributed by atoms with Gasteiger partial charge >= 0.3 is 6.09 Å². The van der Waals surface area contributed by atoms with E-state index in [9.17, 15) is 9.90 Å². The summed E-state index contributed by atoms with van der Waals surface area (Å²) < 4.78 is 5.38. The smallest absolute Gasteiger partial charge is 0.410 e. The number of amides is 1. The molecule has 1 aromatic rings. The number of hydrogen-bond donors (Lipinski definition) is 1. The van der Waals surface area contributed by atoms with Crippen molar-refractivity contribution in [3.05, 3.63) is 35.9 Å². The molecule has 2 rings (SSSR count). The molecule has 4 nitrogen and oxygen atoms in total. The lowest BCUT2D eigenvalue weighted by Gasteiger charge is -2.35. The molecule has 1 heterocycles. The molecule has 0 radical (unpaired) electrons. The average Bonchev–Trinajstić information content (AvgIpc) is 2.46. The van der Waals surface area contributed by atoms with Crippen molar-refractivity contribution in [3.8, 4) is 0 Å². The van der Waals surface area contributed by atoms with E-state index < -0.39 is 11.7 Å². The van der Waals surface area contributed by atoms with E-state index in [4.69, 9.17) is 4.74 Å². The Morgan fingerprint density at radius 2 is 1.81 bits per heavy atom. The first kappa shape index (κ1) is 15.8. The topological polar surface area (TPSA) is 49.8 Å². The largest absolute Gasteiger partial charge is 0.444 e. The van der Waals surface area contributed by atoms with E-state index in [0.717, 1.165) is 18.4 Å². The maximum absolute atomic E-state index is 12.0. The van der Waals surface area contributed by atoms with Crippen LogP contribution in [-0.4, -0.2) is 34.8 Å². The van der Waals surface area contributed by atoms with Crippen molar-refractivity contribution in [3.63, 3.8) is 0 Å². The van der Waals surface area contributed by atoms with Gasteiger partial charge in [0.1, 0.15) is 5.60 Å². The number of carbonyl (C=O) groups excluding carboxylic acids is 1. The summed E-state index contributed by atoms with van der Waals surface area (Å²) in [5.41, 5.74) is 0.491. The van der Waals surface area contributed by atoms with Gasteiger partial charge in [-0.15, -0.1) is 0 Å². The highest BCUT2D eigenvalue weighted by Gasteiger charge is 2.30. The van der Waals surface area contributed by atoms with Crippen molar-refractivity contribution in [2.24, 2.45) is 5.92 Å². The first-order chi connectivity index (χ1) is 9.87. The van der Waals surface area contributed by atoms with Gasteiger partial charge in [-0.2, -0.15) is 0 Å². The normalized spacial score (nSPS) is 18.4. The SMILES string of the molecule is CC(C)(C)OC(=O)N1CCC([C@@H](O)c2ccccc2)CC1. The first-order valence-corrected chi connectivity index (χ1v) is 7.58. The van der Waals surface area contributed by atoms with Crippen LogP contribution in [-0.2, 0) is 4.74 Å². The Labute approximate surface area is 126 Å². The fourth-order valence-electron chi connectivity index (χ4n) is 2.65. The van der Waals surface area contributed by atoms with Gasteiger partial charge in [0.2, 0.25) is 0 Å². The Balaban J connectivity index is 1.87. The van der Waals surface area contributed by atoms with Gasteiger partial charge in [0.05, 0.1) is 6.10 Å². The quantitative estimate of drug-likeness (QED) is 0.909. The van der Waals surface area contributed by atoms with E-state index in [1.165, 1.54) is 0 Å². The Morgan fingerprint density at radius 1 is 1.24 bits per heavy atom. The molecule has 1 aliphatic rings. The van der Waals surface area contributed by atoms with Gasteiger partial charge in [-0.1, -0.05) is 30.3 Å². The molecule has 1 saturated heterocycles. The van der Waals surface area contributed by atoms with Crippen molar-refractivity contribution < 1.29 is 14.6 Å². The molecular formula is C17H25NO3. The zero-order valence-corrected chi connectivity index (χ0v) is 13.1. The van der Waals surface area contributed by atoms with E-state index in [1.807, 2.05) is 51.1 Å². The second kappa shape index (κ2) is 6.48. The summed E-state index contributed by atoms with van der Waals surface area (Å²) in [6, 6.07) is 9.72. The zero-order chi connectivity index (χ0) is 15.5. The second-order valence-electron chi connectivity index (χ2n) is 6.66. The van der Waals surface area contributed by atoms with E-state index in [1.54, 1.807) is 4.90 Å². The minimum atomic E-state index is -0.461. The number of ether oxygens (including phenoxy) is 1. The van der Waals surface area contributed by atoms with Crippen molar-refractivity contribution >= 4 is 6.09 Å². The number of aliphatic hydroxyl groups excluding tert-OH is 1. The van der Waals surface area contributed by atoms with Crippen LogP contribution < -0.4 is 0 Å². The van der Waals surface area contributed by atoms with E-state index in [-0.39, 0.29) is 12.0 Å². The Bertz CT molecular complexity index is 459. The number of aliphatic hydroxyl groups is 1. The monoisotopic (exact) mass is 291 g/mol. The highest BCUT2D eigenvalue weighted by Crippen LogP contribution is 2.31. The lowest BCUT2D eigenvalue weighted by atomic mass is 9.87. The molecule has 1 N–H and O–H groups in total. The van der Waals surface area contributed by atoms with Crippen LogP contribution >= 0.6 is 0 Å². The molecule has 4 heteroatoms. The molecule has 0 bridgehead atoms. The highest BCUT2D eigenvalue weighted by molar-refractivity contribution is 5.68. The van der Waals surface area contributed by atoms with E-state index in [0.29, 0.717) is 13.1 Å². The Morgan fingerprint density at radius 3 is 2.33 bits per heavy atom. The summed E-state index contributed by atoms with van der Waals surface area (Å²) in [4.78, 5) is 13.7. The molecule has 1 aliphatic heterocycles. The number of benzene rings is 1. The number of hydrogen-bond acceptors (Lipinski definition) is 3. The van der Waals surface area contributed by atoms with Gasteiger partial charge in [-0.25, -0.2) is 4.79 Å². The number of nitrogens with zero attached hydrogens (tertiary/aromatic N) is 1. The fourth-order valence-corrected chi connectivity index (χ4v) is 2.65. The molecule has 1 amide bonds. The molecule has 116 valence electrons. The number of piperidine rings is 1. The van der Waals surface area contributed by atoms with Gasteiger partial charge < -0.3 is 14.7 Å². The van der Waals surface area contributed by atoms with Crippen LogP contribution in [0.5, 0.6) is 0 Å². The summed E-state index contributed by atoms with van der Waals surface area (Å²) in [7, 11) is 0. The summed E-state index contributed by atoms with van der Waals surface area (Å²) in [5.74, 6) is 0.200. The predicted molar refractivity (Wildman–Crippen MR) is 81.9 cm³/mol. The minimum Gasteiger partial charge on any atom is -0.444 e. The van der Waals surface area contributed by atoms with Crippen LogP contribution in [0, 0.1) is 5.92 Å². The van der Waals surface area contributed by atoms with Crippen LogP contribution in [0.25, 0.3) is 0 Å². The average molecular weight is 291 g/mol. The van der Waals surface area contributed by atoms with Gasteiger partial charge in [-0.05, 0) is 45.1 Å². The first-order valence-electron chi connectivity index (χ1n) is 7.58. The molecule has 1 atom stereocenters. The van der Waals surface area contributed by atoms with Crippen LogP contribution in [0.15, 0.2) is 30.3 Å². The Hall–Kier alpha value is -1.55. The summed E-state index contributed by atoms with van der Waals surface area (Å²) in [6.07, 6.45) is 0.895. The fraction of sp³-hybridized carbons (Fsp3) is 0.588. The molecular weight excluding hydrogens is 266 g/mol. The van der Waals surface area contributed by atoms with Crippen molar-refractivity contribution in [1.82, 2.24) is 4.90 Å². The molecule has 0 saturated carbocycles. The molecule has 0 unspecified atom stereocenters. The maximum atomic E-state index is 12.0. The molecule has 1 fully saturated rings. The lowest BCUT2D eigenvalue weighted by molar-refractivity contribution is 0.00767. The van der Waals surface area contributed by atoms with Crippen LogP contribution in [0.2, 0.25) is 0 Å². The minimum absolute atomic E-state index is 0.200. The predicted octanol–water partition coefficient (Wildman–Crippen LogP) is 3.37. The third kappa shape index (κ3) is 4.46. The van der Waals surface area contributed by atoms with Gasteiger partial charge in [0.25, 0.3) is 0 Å². The standard InChI is InChI=1S/C17H25NO3/c1-17(2,3)21-16(20)18-11-9-14(10-12-18)15(19)13-7-5-4-6-8-13/h4-8,14-15,19H,9-12H2,1-3H3/t15-/m0/s1. The third-order valence-electron chi connectivity index (χ3n) is 3.78. The van der Waals surface area contributed by atoms with Gasteiger partial charge in [0.15, 0.2) is 0 Å². The zero-order valence-electron chi connectivity index (χ0n) is 13.1. The van der Waals surface area contributed by atoms with Gasteiger partial charge in [-0.3, -0.25) is 0 Å². The molecule has 0 spiro atoms. The Kier molecular flexibility index (Phi) is 4.88. The van der Waals surface area contributed by atoms with Crippen LogP contribution in [0.1, 0.15) is 45.3 Å². The van der Waals surface area contributed by atoms with Crippen molar-refractivity contribution in [2.75, 3.05) is 13.1 Å². The van der Waals surface area contributed by atoms with Crippen molar-refractivity contribution in [2.45, 2.75) is 45.3 Å². The van der Waals surface area contributed by atoms with E-state index >= 15 is 0 Å². The number of likely N-dealkylation sites (tertiary alicyclic amines) is 1. The lowest BCUT2D eigenvalue weighted by Crippen LogP contribution is -2.42. The summed E-state index contributed by atoms with van der Waals surface area (Å²) in [6.45, 7) is 6.90. The van der Waals surface area contributed by atoms with Crippen LogP contribution in [0.3, 0.4) is 0 Å². The third-order valence-corrected chi connectivity index (χ3v) is 3.78. The molecule has 1 aromatic carbocycles. The molecule has 21 heavy (non-hydrogen) atoms. The molecule has 0 aliphatic carbocycles. The van der Waals surface area contributed by atoms with Gasteiger partial charge in [0, 0.05) is 13.1 Å². The maximum Gasteiger partial charge on any atom is 0.410 e. The summed E-state index contributed by atoms with van der Waals surface area (Å²) >= 11 is 0. The number of carbonyl (C=O) groups is 1. The molecule has 0 aromatic heterocycles. The number of rotatable bonds is 2. The van der Waals surface area contributed by atoms with E-state index in [2.05, 4.69) is 0 Å². The second-order valence-corrected chi connectivity index (χ2v) is 6.66. The highest BCUT2D eigenvalue weighted by atomic mass is 16.6. The van der Waals surface area contributed by atoms with Crippen molar-refractivity contribution in [1.29, 1.82) is 0 Å². The van der Waals surface area contributed by atoms with Crippen LogP contribution in [0.4, 0.5) is 4.79 Å². The summed E-state index contributed by atoms with van der Waals surface area (Å²) in [5, 5.41) is 10.4.